The van der Waals surface area contributed by atoms with Crippen molar-refractivity contribution in [1.82, 2.24) is 14.7 Å². The number of ether oxygens (including phenoxy) is 1. The summed E-state index contributed by atoms with van der Waals surface area (Å²) < 4.78 is 7.36. The number of rotatable bonds is 3. The van der Waals surface area contributed by atoms with Crippen LogP contribution in [0.5, 0.6) is 0 Å². The van der Waals surface area contributed by atoms with Gasteiger partial charge < -0.3 is 9.64 Å². The van der Waals surface area contributed by atoms with Crippen molar-refractivity contribution in [3.63, 3.8) is 0 Å². The molecule has 0 bridgehead atoms. The molecule has 5 nitrogen and oxygen atoms in total. The molecule has 1 amide bonds. The van der Waals surface area contributed by atoms with E-state index in [9.17, 15) is 4.79 Å². The van der Waals surface area contributed by atoms with Crippen molar-refractivity contribution in [2.75, 3.05) is 26.3 Å². The van der Waals surface area contributed by atoms with Gasteiger partial charge in [-0.15, -0.1) is 11.8 Å². The number of para-hydroxylation sites is 1. The van der Waals surface area contributed by atoms with Crippen LogP contribution in [0.25, 0.3) is 11.3 Å². The first-order valence-electron chi connectivity index (χ1n) is 9.79. The summed E-state index contributed by atoms with van der Waals surface area (Å²) >= 11 is 1.78. The topological polar surface area (TPSA) is 47.4 Å². The fourth-order valence-electron chi connectivity index (χ4n) is 3.69. The third-order valence-electron chi connectivity index (χ3n) is 5.05. The van der Waals surface area contributed by atoms with E-state index >= 15 is 0 Å². The first-order chi connectivity index (χ1) is 13.7. The van der Waals surface area contributed by atoms with Crippen LogP contribution in [-0.4, -0.2) is 46.9 Å². The second-order valence-electron chi connectivity index (χ2n) is 6.80. The molecule has 1 saturated heterocycles. The van der Waals surface area contributed by atoms with Gasteiger partial charge in [0.1, 0.15) is 0 Å². The van der Waals surface area contributed by atoms with Gasteiger partial charge in [0.25, 0.3) is 5.91 Å². The molecule has 2 aliphatic heterocycles. The molecular formula is C22H25N3O2S. The highest BCUT2D eigenvalue weighted by Crippen LogP contribution is 2.44. The van der Waals surface area contributed by atoms with E-state index < -0.39 is 0 Å². The largest absolute Gasteiger partial charge is 0.378 e. The minimum absolute atomic E-state index is 0.00890. The number of carbonyl (C=O) groups excluding carboxylic acids is 1. The van der Waals surface area contributed by atoms with E-state index in [-0.39, 0.29) is 5.91 Å². The lowest BCUT2D eigenvalue weighted by atomic mass is 10.0. The number of hydrogen-bond acceptors (Lipinski definition) is 4. The Morgan fingerprint density at radius 1 is 1.25 bits per heavy atom. The predicted octanol–water partition coefficient (Wildman–Crippen LogP) is 4.29. The number of morpholine rings is 1. The first kappa shape index (κ1) is 19.0. The van der Waals surface area contributed by atoms with Crippen LogP contribution in [0.3, 0.4) is 0 Å². The number of allylic oxidation sites excluding steroid dienone is 3. The zero-order chi connectivity index (χ0) is 19.5. The lowest BCUT2D eigenvalue weighted by Crippen LogP contribution is -2.41. The van der Waals surface area contributed by atoms with Crippen LogP contribution in [0.4, 0.5) is 0 Å². The number of nitrogens with zero attached hydrogens (tertiary/aromatic N) is 3. The van der Waals surface area contributed by atoms with Gasteiger partial charge in [-0.25, -0.2) is 4.68 Å². The molecule has 0 atom stereocenters. The molecule has 28 heavy (non-hydrogen) atoms. The number of fused-ring (bicyclic) bond motifs is 1. The van der Waals surface area contributed by atoms with Gasteiger partial charge in [0.2, 0.25) is 0 Å². The summed E-state index contributed by atoms with van der Waals surface area (Å²) in [5.74, 6) is 0.767. The SMILES string of the molecule is C/C=C1/SCc2c(C(=O)N3CCOCC3)nn(-c3ccccc3)c2/C1=C/CC. The van der Waals surface area contributed by atoms with Crippen molar-refractivity contribution in [3.05, 3.63) is 64.3 Å². The van der Waals surface area contributed by atoms with E-state index in [1.807, 2.05) is 39.9 Å². The summed E-state index contributed by atoms with van der Waals surface area (Å²) in [6, 6.07) is 10.1. The third-order valence-corrected chi connectivity index (χ3v) is 6.25. The molecule has 0 spiro atoms. The monoisotopic (exact) mass is 395 g/mol. The van der Waals surface area contributed by atoms with E-state index in [1.165, 1.54) is 10.5 Å². The van der Waals surface area contributed by atoms with E-state index in [4.69, 9.17) is 9.84 Å². The average molecular weight is 396 g/mol. The van der Waals surface area contributed by atoms with Gasteiger partial charge in [-0.2, -0.15) is 5.10 Å². The highest BCUT2D eigenvalue weighted by atomic mass is 32.2. The Bertz CT molecular complexity index is 925. The van der Waals surface area contributed by atoms with E-state index in [0.29, 0.717) is 32.0 Å². The Balaban J connectivity index is 1.88. The molecule has 1 aromatic carbocycles. The lowest BCUT2D eigenvalue weighted by molar-refractivity contribution is 0.0298. The van der Waals surface area contributed by atoms with Gasteiger partial charge in [0, 0.05) is 34.9 Å². The molecule has 1 fully saturated rings. The first-order valence-corrected chi connectivity index (χ1v) is 10.8. The summed E-state index contributed by atoms with van der Waals surface area (Å²) in [6.07, 6.45) is 5.32. The number of aromatic nitrogens is 2. The van der Waals surface area contributed by atoms with Crippen LogP contribution < -0.4 is 0 Å². The molecule has 146 valence electrons. The molecule has 3 heterocycles. The second-order valence-corrected chi connectivity index (χ2v) is 7.81. The quantitative estimate of drug-likeness (QED) is 0.778. The highest BCUT2D eigenvalue weighted by molar-refractivity contribution is 8.03. The van der Waals surface area contributed by atoms with Crippen LogP contribution in [0, 0.1) is 0 Å². The fourth-order valence-corrected chi connectivity index (χ4v) is 4.77. The molecule has 6 heteroatoms. The number of hydrogen-bond donors (Lipinski definition) is 0. The Hall–Kier alpha value is -2.31. The second kappa shape index (κ2) is 8.37. The fraction of sp³-hybridized carbons (Fsp3) is 0.364. The number of benzene rings is 1. The highest BCUT2D eigenvalue weighted by Gasteiger charge is 2.32. The van der Waals surface area contributed by atoms with Crippen LogP contribution in [0.1, 0.15) is 42.0 Å². The average Bonchev–Trinajstić information content (AvgIpc) is 3.15. The van der Waals surface area contributed by atoms with Crippen molar-refractivity contribution in [3.8, 4) is 5.69 Å². The van der Waals surface area contributed by atoms with Crippen LogP contribution in [0.15, 0.2) is 47.4 Å². The summed E-state index contributed by atoms with van der Waals surface area (Å²) in [5.41, 5.74) is 4.82. The van der Waals surface area contributed by atoms with Gasteiger partial charge in [-0.05, 0) is 25.5 Å². The molecule has 4 rings (SSSR count). The standard InChI is InChI=1S/C22H25N3O2S/c1-3-8-17-19(4-2)28-15-18-20(22(26)24-11-13-27-14-12-24)23-25(21(17)18)16-9-6-5-7-10-16/h4-10H,3,11-15H2,1-2H3/b17-8+,19-4+. The van der Waals surface area contributed by atoms with E-state index in [0.717, 1.165) is 29.1 Å². The number of amides is 1. The van der Waals surface area contributed by atoms with Crippen molar-refractivity contribution < 1.29 is 9.53 Å². The van der Waals surface area contributed by atoms with Crippen LogP contribution in [0.2, 0.25) is 0 Å². The molecule has 0 saturated carbocycles. The third kappa shape index (κ3) is 3.42. The molecule has 1 aromatic heterocycles. The van der Waals surface area contributed by atoms with Crippen molar-refractivity contribution >= 4 is 23.2 Å². The van der Waals surface area contributed by atoms with Crippen molar-refractivity contribution in [2.45, 2.75) is 26.0 Å². The summed E-state index contributed by atoms with van der Waals surface area (Å²) in [4.78, 5) is 16.4. The van der Waals surface area contributed by atoms with E-state index in [1.54, 1.807) is 11.8 Å². The Morgan fingerprint density at radius 2 is 2.00 bits per heavy atom. The van der Waals surface area contributed by atoms with Crippen molar-refractivity contribution in [1.29, 1.82) is 0 Å². The van der Waals surface area contributed by atoms with Gasteiger partial charge in [0.05, 0.1) is 24.6 Å². The molecule has 0 aliphatic carbocycles. The maximum absolute atomic E-state index is 13.3. The Kier molecular flexibility index (Phi) is 5.69. The van der Waals surface area contributed by atoms with Crippen LogP contribution >= 0.6 is 11.8 Å². The molecular weight excluding hydrogens is 370 g/mol. The van der Waals surface area contributed by atoms with E-state index in [2.05, 4.69) is 26.0 Å². The minimum Gasteiger partial charge on any atom is -0.378 e. The maximum atomic E-state index is 13.3. The summed E-state index contributed by atoms with van der Waals surface area (Å²) in [6.45, 7) is 6.63. The normalized spacial score (nSPS) is 19.9. The molecule has 0 N–H and O–H groups in total. The zero-order valence-corrected chi connectivity index (χ0v) is 17.2. The molecule has 2 aliphatic rings. The Morgan fingerprint density at radius 3 is 2.68 bits per heavy atom. The van der Waals surface area contributed by atoms with Gasteiger partial charge >= 0.3 is 0 Å². The zero-order valence-electron chi connectivity index (χ0n) is 16.4. The van der Waals surface area contributed by atoms with Gasteiger partial charge in [0.15, 0.2) is 5.69 Å². The van der Waals surface area contributed by atoms with Crippen LogP contribution in [-0.2, 0) is 10.5 Å². The smallest absolute Gasteiger partial charge is 0.274 e. The molecule has 2 aromatic rings. The predicted molar refractivity (Wildman–Crippen MR) is 114 cm³/mol. The van der Waals surface area contributed by atoms with Crippen molar-refractivity contribution in [2.24, 2.45) is 0 Å². The molecule has 0 unspecified atom stereocenters. The number of thioether (sulfide) groups is 1. The molecule has 0 radical (unpaired) electrons. The Labute approximate surface area is 170 Å². The minimum atomic E-state index is 0.00890. The lowest BCUT2D eigenvalue weighted by Gasteiger charge is -2.26. The maximum Gasteiger partial charge on any atom is 0.274 e. The van der Waals surface area contributed by atoms with Gasteiger partial charge in [-0.1, -0.05) is 37.3 Å². The number of carbonyl (C=O) groups is 1. The van der Waals surface area contributed by atoms with Gasteiger partial charge in [-0.3, -0.25) is 4.79 Å². The summed E-state index contributed by atoms with van der Waals surface area (Å²) in [7, 11) is 0. The summed E-state index contributed by atoms with van der Waals surface area (Å²) in [5, 5.41) is 4.84.